The highest BCUT2D eigenvalue weighted by atomic mass is 32.1. The lowest BCUT2D eigenvalue weighted by Crippen LogP contribution is -2.60. The molecular weight excluding hydrogens is 1010 g/mol. The average molecular weight is 1080 g/mol. The van der Waals surface area contributed by atoms with Gasteiger partial charge in [0.05, 0.1) is 19.1 Å². The van der Waals surface area contributed by atoms with Crippen LogP contribution in [0.25, 0.3) is 10.9 Å². The molecule has 23 nitrogen and oxygen atoms in total. The lowest BCUT2D eigenvalue weighted by atomic mass is 9.96. The number of nitrogens with two attached hydrogens (primary N) is 2. The summed E-state index contributed by atoms with van der Waals surface area (Å²) >= 11 is 7.98. The van der Waals surface area contributed by atoms with Crippen LogP contribution in [-0.4, -0.2) is 141 Å². The molecule has 0 aliphatic heterocycles. The topological polar surface area (TPSA) is 375 Å². The largest absolute Gasteiger partial charge is 0.508 e. The number of phenols is 1. The molecule has 0 radical (unpaired) electrons. The minimum absolute atomic E-state index is 0.0155. The van der Waals surface area contributed by atoms with Crippen molar-refractivity contribution in [2.45, 2.75) is 94.7 Å². The molecule has 0 unspecified atom stereocenters. The van der Waals surface area contributed by atoms with Crippen LogP contribution in [0.1, 0.15) is 49.8 Å². The van der Waals surface area contributed by atoms with Gasteiger partial charge in [-0.15, -0.1) is 0 Å². The van der Waals surface area contributed by atoms with Crippen molar-refractivity contribution in [2.75, 3.05) is 24.6 Å². The first kappa shape index (κ1) is 59.9. The number of nitrogens with one attached hydrogen (secondary N) is 9. The molecule has 0 spiro atoms. The van der Waals surface area contributed by atoms with Crippen molar-refractivity contribution in [3.8, 4) is 5.75 Å². The fourth-order valence-electron chi connectivity index (χ4n) is 7.53. The first-order valence-corrected chi connectivity index (χ1v) is 25.2. The van der Waals surface area contributed by atoms with Crippen molar-refractivity contribution < 1.29 is 58.2 Å². The summed E-state index contributed by atoms with van der Waals surface area (Å²) in [6.07, 6.45) is 1.14. The van der Waals surface area contributed by atoms with E-state index in [-0.39, 0.29) is 49.4 Å². The Morgan fingerprint density at radius 1 is 0.600 bits per heavy atom. The quantitative estimate of drug-likeness (QED) is 0.0268. The summed E-state index contributed by atoms with van der Waals surface area (Å²) in [5, 5.41) is 40.1. The van der Waals surface area contributed by atoms with E-state index in [0.29, 0.717) is 23.1 Å². The van der Waals surface area contributed by atoms with Gasteiger partial charge in [0.25, 0.3) is 0 Å². The van der Waals surface area contributed by atoms with E-state index in [2.05, 4.69) is 72.8 Å². The van der Waals surface area contributed by atoms with Crippen molar-refractivity contribution in [2.24, 2.45) is 17.4 Å². The van der Waals surface area contributed by atoms with E-state index in [1.165, 1.54) is 12.1 Å². The third kappa shape index (κ3) is 19.3. The van der Waals surface area contributed by atoms with Gasteiger partial charge >= 0.3 is 5.97 Å². The third-order valence-electron chi connectivity index (χ3n) is 12.0. The highest BCUT2D eigenvalue weighted by molar-refractivity contribution is 7.80. The first-order valence-electron chi connectivity index (χ1n) is 23.9. The molecule has 9 amide bonds. The van der Waals surface area contributed by atoms with Gasteiger partial charge in [0.15, 0.2) is 0 Å². The standard InChI is InChI=1S/C50H65N11O12S2/c1-3-27(2)43(61-48(70)37(19-28-9-5-4-6-10-28)57-42(65)24-54-45(67)36(58-44(66)33(51)25-74)20-29-13-15-31(62)16-14-29)49(71)59-38(21-30-22-53-34-12-8-7-11-32(30)34)46(68)55-23-41(64)56-35(17-18-40(52)63)47(69)60-39(26-75)50(72)73/h4-16,22,27,33,35-39,43,53,62,74-75H,3,17-21,23-26,51H2,1-2H3,(H2,52,63)(H,54,67)(H,55,68)(H,56,64)(H,57,65)(H,58,66)(H,59,71)(H,60,69)(H,61,70)(H,72,73)/t27-,33-,35-,36-,37-,38-,39-,43-/m0/s1. The van der Waals surface area contributed by atoms with E-state index in [1.54, 1.807) is 80.7 Å². The molecule has 0 bridgehead atoms. The van der Waals surface area contributed by atoms with Gasteiger partial charge in [0, 0.05) is 54.3 Å². The minimum atomic E-state index is -1.43. The second-order valence-corrected chi connectivity index (χ2v) is 18.4. The summed E-state index contributed by atoms with van der Waals surface area (Å²) < 4.78 is 0. The molecule has 1 aromatic heterocycles. The number of carboxylic acids is 1. The van der Waals surface area contributed by atoms with Crippen molar-refractivity contribution in [3.63, 3.8) is 0 Å². The predicted molar refractivity (Wildman–Crippen MR) is 283 cm³/mol. The molecule has 0 saturated carbocycles. The average Bonchev–Trinajstić information content (AvgIpc) is 3.80. The number of carbonyl (C=O) groups is 10. The maximum absolute atomic E-state index is 14.5. The number of fused-ring (bicyclic) bond motifs is 1. The molecule has 1 heterocycles. The molecule has 8 atom stereocenters. The van der Waals surface area contributed by atoms with Gasteiger partial charge in [-0.05, 0) is 47.2 Å². The van der Waals surface area contributed by atoms with Gasteiger partial charge < -0.3 is 69.2 Å². The summed E-state index contributed by atoms with van der Waals surface area (Å²) in [4.78, 5) is 135. The van der Waals surface area contributed by atoms with Crippen molar-refractivity contribution >= 4 is 95.3 Å². The Bertz CT molecular complexity index is 2640. The molecule has 15 N–H and O–H groups in total. The lowest BCUT2D eigenvalue weighted by Gasteiger charge is -2.28. The Hall–Kier alpha value is -7.64. The number of para-hydroxylation sites is 1. The van der Waals surface area contributed by atoms with Crippen LogP contribution in [0.4, 0.5) is 0 Å². The van der Waals surface area contributed by atoms with Gasteiger partial charge in [0.2, 0.25) is 53.2 Å². The Labute approximate surface area is 443 Å². The van der Waals surface area contributed by atoms with Gasteiger partial charge in [0.1, 0.15) is 42.0 Å². The number of phenolic OH excluding ortho intramolecular Hbond substituents is 1. The Morgan fingerprint density at radius 2 is 1.12 bits per heavy atom. The van der Waals surface area contributed by atoms with Gasteiger partial charge in [-0.1, -0.05) is 80.9 Å². The number of thiol groups is 2. The van der Waals surface area contributed by atoms with Crippen LogP contribution in [0.2, 0.25) is 0 Å². The summed E-state index contributed by atoms with van der Waals surface area (Å²) in [6, 6.07) is 12.7. The molecule has 0 fully saturated rings. The minimum Gasteiger partial charge on any atom is -0.508 e. The molecule has 4 rings (SSSR count). The smallest absolute Gasteiger partial charge is 0.327 e. The Kier molecular flexibility index (Phi) is 23.9. The van der Waals surface area contributed by atoms with Crippen LogP contribution < -0.4 is 54.0 Å². The molecule has 404 valence electrons. The zero-order valence-electron chi connectivity index (χ0n) is 41.3. The molecule has 0 saturated heterocycles. The van der Waals surface area contributed by atoms with E-state index < -0.39 is 120 Å². The molecule has 0 aliphatic carbocycles. The number of rotatable bonds is 30. The second kappa shape index (κ2) is 29.9. The number of aromatic nitrogens is 1. The molecule has 0 aliphatic rings. The summed E-state index contributed by atoms with van der Waals surface area (Å²) in [6.45, 7) is 2.09. The van der Waals surface area contributed by atoms with Crippen LogP contribution >= 0.6 is 25.3 Å². The fourth-order valence-corrected chi connectivity index (χ4v) is 7.94. The molecule has 4 aromatic rings. The van der Waals surface area contributed by atoms with Crippen molar-refractivity contribution in [3.05, 3.63) is 102 Å². The zero-order chi connectivity index (χ0) is 55.2. The van der Waals surface area contributed by atoms with Crippen molar-refractivity contribution in [1.29, 1.82) is 0 Å². The predicted octanol–water partition coefficient (Wildman–Crippen LogP) is -1.37. The van der Waals surface area contributed by atoms with Crippen LogP contribution in [-0.2, 0) is 67.2 Å². The fraction of sp³-hybridized carbons (Fsp3) is 0.400. The molecule has 25 heteroatoms. The normalized spacial score (nSPS) is 14.2. The van der Waals surface area contributed by atoms with Crippen LogP contribution in [0.3, 0.4) is 0 Å². The lowest BCUT2D eigenvalue weighted by molar-refractivity contribution is -0.141. The SMILES string of the molecule is CC[C@H](C)[C@H](NC(=O)[C@H](Cc1ccccc1)NC(=O)CNC(=O)[C@H](Cc1ccc(O)cc1)NC(=O)[C@@H](N)CS)C(=O)N[C@@H](Cc1c[nH]c2ccccc12)C(=O)NCC(=O)N[C@@H](CCC(N)=O)C(=O)N[C@@H](CS)C(=O)O. The van der Waals surface area contributed by atoms with E-state index in [4.69, 9.17) is 11.5 Å². The second-order valence-electron chi connectivity index (χ2n) is 17.7. The van der Waals surface area contributed by atoms with E-state index in [0.717, 1.165) is 10.9 Å². The Morgan fingerprint density at radius 3 is 1.69 bits per heavy atom. The van der Waals surface area contributed by atoms with Crippen molar-refractivity contribution in [1.82, 2.24) is 47.5 Å². The molecular formula is C50H65N11O12S2. The Balaban J connectivity index is 1.54. The maximum atomic E-state index is 14.5. The summed E-state index contributed by atoms with van der Waals surface area (Å²) in [5.74, 6) is -9.57. The monoisotopic (exact) mass is 1080 g/mol. The number of aromatic amines is 1. The van der Waals surface area contributed by atoms with Gasteiger partial charge in [-0.25, -0.2) is 4.79 Å². The van der Waals surface area contributed by atoms with Crippen LogP contribution in [0.5, 0.6) is 5.75 Å². The molecule has 75 heavy (non-hydrogen) atoms. The highest BCUT2D eigenvalue weighted by Crippen LogP contribution is 2.20. The number of carboxylic acid groups (broad SMARTS) is 1. The van der Waals surface area contributed by atoms with E-state index in [9.17, 15) is 58.2 Å². The van der Waals surface area contributed by atoms with Gasteiger partial charge in [-0.2, -0.15) is 25.3 Å². The van der Waals surface area contributed by atoms with E-state index >= 15 is 0 Å². The summed E-state index contributed by atoms with van der Waals surface area (Å²) in [5.41, 5.74) is 13.6. The number of amides is 9. The maximum Gasteiger partial charge on any atom is 0.327 e. The molecule has 3 aromatic carbocycles. The number of hydrogen-bond donors (Lipinski definition) is 15. The van der Waals surface area contributed by atoms with E-state index in [1.807, 2.05) is 6.07 Å². The van der Waals surface area contributed by atoms with Crippen LogP contribution in [0, 0.1) is 5.92 Å². The number of H-pyrrole nitrogens is 1. The third-order valence-corrected chi connectivity index (χ3v) is 12.7. The van der Waals surface area contributed by atoms with Crippen LogP contribution in [0.15, 0.2) is 85.1 Å². The number of primary amides is 1. The number of carbonyl (C=O) groups excluding carboxylic acids is 9. The number of hydrogen-bond acceptors (Lipinski definition) is 14. The van der Waals surface area contributed by atoms with Gasteiger partial charge in [-0.3, -0.25) is 43.2 Å². The number of benzene rings is 3. The first-order chi connectivity index (χ1) is 35.7. The highest BCUT2D eigenvalue weighted by Gasteiger charge is 2.34. The number of aromatic hydroxyl groups is 1. The number of aliphatic carboxylic acids is 1. The summed E-state index contributed by atoms with van der Waals surface area (Å²) in [7, 11) is 0. The zero-order valence-corrected chi connectivity index (χ0v) is 43.1.